The third-order valence-electron chi connectivity index (χ3n) is 1.21. The Balaban J connectivity index is 2.61. The van der Waals surface area contributed by atoms with Gasteiger partial charge in [0, 0.05) is 0 Å². The molecule has 0 aromatic heterocycles. The van der Waals surface area contributed by atoms with E-state index in [9.17, 15) is 4.57 Å². The smallest absolute Gasteiger partial charge is 0.196 e. The fraction of sp³-hybridized carbons (Fsp3) is 0.125. The summed E-state index contributed by atoms with van der Waals surface area (Å²) in [7, 11) is -1.85. The molecular weight excluding hydrogens is 173 g/mol. The van der Waals surface area contributed by atoms with E-state index in [4.69, 9.17) is 9.79 Å². The lowest BCUT2D eigenvalue weighted by molar-refractivity contribution is 0.383. The van der Waals surface area contributed by atoms with Crippen LogP contribution in [0.4, 0.5) is 0 Å². The Bertz CT molecular complexity index is 305. The molecule has 0 heterocycles. The van der Waals surface area contributed by atoms with Gasteiger partial charge in [-0.2, -0.15) is 5.26 Å². The molecule has 1 unspecified atom stereocenters. The van der Waals surface area contributed by atoms with E-state index in [-0.39, 0.29) is 6.61 Å². The van der Waals surface area contributed by atoms with Gasteiger partial charge in [-0.25, -0.2) is 0 Å². The van der Waals surface area contributed by atoms with Crippen molar-refractivity contribution in [1.29, 1.82) is 5.26 Å². The van der Waals surface area contributed by atoms with Gasteiger partial charge in [0.05, 0.1) is 6.07 Å². The van der Waals surface area contributed by atoms with Gasteiger partial charge in [-0.15, -0.1) is 4.52 Å². The molecule has 1 rings (SSSR count). The summed E-state index contributed by atoms with van der Waals surface area (Å²) in [4.78, 5) is 0. The molecule has 0 N–H and O–H groups in total. The molecule has 0 spiro atoms. The number of rotatable bonds is 3. The maximum absolute atomic E-state index is 11.2. The summed E-state index contributed by atoms with van der Waals surface area (Å²) >= 11 is 0. The number of nitriles is 1. The van der Waals surface area contributed by atoms with Crippen molar-refractivity contribution in [3.8, 4) is 6.07 Å². The molecular formula is C8H7NO2P+. The summed E-state index contributed by atoms with van der Waals surface area (Å²) in [5.41, 5.74) is 0. The monoisotopic (exact) mass is 180 g/mol. The normalized spacial score (nSPS) is 10.4. The molecule has 0 aliphatic heterocycles. The molecule has 0 saturated carbocycles. The van der Waals surface area contributed by atoms with Crippen LogP contribution in [0.3, 0.4) is 0 Å². The third-order valence-corrected chi connectivity index (χ3v) is 2.30. The summed E-state index contributed by atoms with van der Waals surface area (Å²) in [6, 6.07) is 10.6. The van der Waals surface area contributed by atoms with Gasteiger partial charge < -0.3 is 0 Å². The molecule has 0 saturated heterocycles. The van der Waals surface area contributed by atoms with E-state index in [1.54, 1.807) is 30.3 Å². The van der Waals surface area contributed by atoms with Crippen LogP contribution in [0.25, 0.3) is 0 Å². The standard InChI is InChI=1S/C8H7NO2P/c9-6-7-11-12(10)8-4-2-1-3-5-8/h1-5H,7H2/q+1. The molecule has 4 heteroatoms. The highest BCUT2D eigenvalue weighted by atomic mass is 31.1. The van der Waals surface area contributed by atoms with E-state index >= 15 is 0 Å². The molecule has 1 aromatic rings. The lowest BCUT2D eigenvalue weighted by atomic mass is 10.4. The Hall–Kier alpha value is -1.23. The van der Waals surface area contributed by atoms with E-state index in [1.807, 2.05) is 6.07 Å². The first-order valence-electron chi connectivity index (χ1n) is 3.37. The van der Waals surface area contributed by atoms with Crippen LogP contribution < -0.4 is 5.30 Å². The van der Waals surface area contributed by atoms with E-state index in [2.05, 4.69) is 0 Å². The fourth-order valence-electron chi connectivity index (χ4n) is 0.712. The number of benzene rings is 1. The molecule has 60 valence electrons. The number of hydrogen-bond donors (Lipinski definition) is 0. The molecule has 0 radical (unpaired) electrons. The summed E-state index contributed by atoms with van der Waals surface area (Å²) in [6.07, 6.45) is 0. The molecule has 0 aliphatic carbocycles. The molecule has 0 bridgehead atoms. The average Bonchev–Trinajstić information content (AvgIpc) is 2.15. The van der Waals surface area contributed by atoms with Gasteiger partial charge in [-0.05, 0) is 16.7 Å². The van der Waals surface area contributed by atoms with Gasteiger partial charge in [0.25, 0.3) is 0 Å². The lowest BCUT2D eigenvalue weighted by Gasteiger charge is -1.83. The maximum atomic E-state index is 11.2. The first-order chi connectivity index (χ1) is 5.84. The predicted octanol–water partition coefficient (Wildman–Crippen LogP) is 1.59. The summed E-state index contributed by atoms with van der Waals surface area (Å²) in [5.74, 6) is 0. The summed E-state index contributed by atoms with van der Waals surface area (Å²) in [6.45, 7) is -0.135. The molecule has 12 heavy (non-hydrogen) atoms. The van der Waals surface area contributed by atoms with Crippen molar-refractivity contribution in [3.63, 3.8) is 0 Å². The quantitative estimate of drug-likeness (QED) is 0.663. The molecule has 0 aliphatic rings. The van der Waals surface area contributed by atoms with Crippen molar-refractivity contribution in [2.45, 2.75) is 0 Å². The van der Waals surface area contributed by atoms with E-state index < -0.39 is 8.03 Å². The molecule has 3 nitrogen and oxygen atoms in total. The topological polar surface area (TPSA) is 50.1 Å². The van der Waals surface area contributed by atoms with Gasteiger partial charge in [0.2, 0.25) is 5.30 Å². The Morgan fingerprint density at radius 3 is 2.67 bits per heavy atom. The zero-order valence-corrected chi connectivity index (χ0v) is 7.20. The van der Waals surface area contributed by atoms with Crippen LogP contribution in [0, 0.1) is 11.3 Å². The van der Waals surface area contributed by atoms with Crippen molar-refractivity contribution < 1.29 is 9.09 Å². The van der Waals surface area contributed by atoms with Crippen molar-refractivity contribution >= 4 is 13.3 Å². The van der Waals surface area contributed by atoms with Crippen LogP contribution in [-0.2, 0) is 9.09 Å². The maximum Gasteiger partial charge on any atom is 0.549 e. The number of nitrogens with zero attached hydrogens (tertiary/aromatic N) is 1. The van der Waals surface area contributed by atoms with Gasteiger partial charge in [0.1, 0.15) is 0 Å². The Morgan fingerprint density at radius 2 is 2.08 bits per heavy atom. The van der Waals surface area contributed by atoms with Crippen LogP contribution in [-0.4, -0.2) is 6.61 Å². The second kappa shape index (κ2) is 4.61. The Morgan fingerprint density at radius 1 is 1.42 bits per heavy atom. The highest BCUT2D eigenvalue weighted by Crippen LogP contribution is 2.19. The summed E-state index contributed by atoms with van der Waals surface area (Å²) in [5, 5.41) is 8.77. The zero-order valence-electron chi connectivity index (χ0n) is 6.30. The Kier molecular flexibility index (Phi) is 3.40. The third kappa shape index (κ3) is 2.43. The van der Waals surface area contributed by atoms with E-state index in [0.717, 1.165) is 0 Å². The van der Waals surface area contributed by atoms with E-state index in [0.29, 0.717) is 5.30 Å². The SMILES string of the molecule is N#CCO[P+](=O)c1ccccc1. The molecule has 1 atom stereocenters. The Labute approximate surface area is 71.5 Å². The first-order valence-corrected chi connectivity index (χ1v) is 4.54. The van der Waals surface area contributed by atoms with Crippen LogP contribution >= 0.6 is 8.03 Å². The minimum Gasteiger partial charge on any atom is -0.196 e. The van der Waals surface area contributed by atoms with Crippen molar-refractivity contribution in [1.82, 2.24) is 0 Å². The largest absolute Gasteiger partial charge is 0.549 e. The minimum atomic E-state index is -1.85. The van der Waals surface area contributed by atoms with Crippen LogP contribution in [0.1, 0.15) is 0 Å². The second-order valence-electron chi connectivity index (χ2n) is 2.02. The van der Waals surface area contributed by atoms with Crippen LogP contribution in [0.2, 0.25) is 0 Å². The van der Waals surface area contributed by atoms with Gasteiger partial charge in [-0.1, -0.05) is 18.2 Å². The van der Waals surface area contributed by atoms with E-state index in [1.165, 1.54) is 0 Å². The van der Waals surface area contributed by atoms with Crippen LogP contribution in [0.15, 0.2) is 30.3 Å². The fourth-order valence-corrected chi connectivity index (χ4v) is 1.45. The zero-order chi connectivity index (χ0) is 8.81. The predicted molar refractivity (Wildman–Crippen MR) is 45.2 cm³/mol. The molecule has 0 amide bonds. The lowest BCUT2D eigenvalue weighted by Crippen LogP contribution is -1.96. The van der Waals surface area contributed by atoms with Gasteiger partial charge in [-0.3, -0.25) is 0 Å². The minimum absolute atomic E-state index is 0.135. The highest BCUT2D eigenvalue weighted by molar-refractivity contribution is 7.48. The number of hydrogen-bond acceptors (Lipinski definition) is 3. The summed E-state index contributed by atoms with van der Waals surface area (Å²) < 4.78 is 15.9. The second-order valence-corrected chi connectivity index (χ2v) is 3.31. The first kappa shape index (κ1) is 8.86. The van der Waals surface area contributed by atoms with Crippen LogP contribution in [0.5, 0.6) is 0 Å². The average molecular weight is 180 g/mol. The van der Waals surface area contributed by atoms with Crippen molar-refractivity contribution in [2.75, 3.05) is 6.61 Å². The van der Waals surface area contributed by atoms with Gasteiger partial charge in [0.15, 0.2) is 6.61 Å². The highest BCUT2D eigenvalue weighted by Gasteiger charge is 2.20. The van der Waals surface area contributed by atoms with Crippen molar-refractivity contribution in [3.05, 3.63) is 30.3 Å². The van der Waals surface area contributed by atoms with Crippen molar-refractivity contribution in [2.24, 2.45) is 0 Å². The molecule has 0 fully saturated rings. The molecule has 1 aromatic carbocycles. The van der Waals surface area contributed by atoms with Gasteiger partial charge >= 0.3 is 8.03 Å².